The highest BCUT2D eigenvalue weighted by atomic mass is 16.5. The van der Waals surface area contributed by atoms with Crippen LogP contribution in [0.4, 0.5) is 0 Å². The van der Waals surface area contributed by atoms with E-state index in [1.165, 1.54) is 19.3 Å². The minimum atomic E-state index is -0.540. The number of carbonyl (C=O) groups is 1. The summed E-state index contributed by atoms with van der Waals surface area (Å²) in [5, 5.41) is 9.97. The first-order valence-corrected chi connectivity index (χ1v) is 6.55. The van der Waals surface area contributed by atoms with Crippen molar-refractivity contribution in [2.75, 3.05) is 6.61 Å². The molecule has 0 aliphatic heterocycles. The van der Waals surface area contributed by atoms with Crippen LogP contribution in [0.1, 0.15) is 52.4 Å². The Morgan fingerprint density at radius 1 is 1.31 bits per heavy atom. The molecule has 0 radical (unpaired) electrons. The molecule has 1 aliphatic rings. The van der Waals surface area contributed by atoms with E-state index in [1.54, 1.807) is 0 Å². The number of rotatable bonds is 5. The minimum Gasteiger partial charge on any atom is -0.466 e. The molecule has 0 heterocycles. The van der Waals surface area contributed by atoms with E-state index in [4.69, 9.17) is 4.74 Å². The van der Waals surface area contributed by atoms with Gasteiger partial charge < -0.3 is 9.84 Å². The summed E-state index contributed by atoms with van der Waals surface area (Å²) in [6.45, 7) is 4.13. The Labute approximate surface area is 98.2 Å². The van der Waals surface area contributed by atoms with E-state index in [2.05, 4.69) is 0 Å². The third kappa shape index (κ3) is 3.48. The summed E-state index contributed by atoms with van der Waals surface area (Å²) >= 11 is 0. The van der Waals surface area contributed by atoms with Crippen molar-refractivity contribution in [3.8, 4) is 0 Å². The largest absolute Gasteiger partial charge is 0.466 e. The molecule has 1 rings (SSSR count). The summed E-state index contributed by atoms with van der Waals surface area (Å²) in [6.07, 6.45) is 5.81. The lowest BCUT2D eigenvalue weighted by molar-refractivity contribution is -0.155. The maximum absolute atomic E-state index is 11.9. The predicted octanol–water partition coefficient (Wildman–Crippen LogP) is 2.52. The highest BCUT2D eigenvalue weighted by Crippen LogP contribution is 2.33. The Kier molecular flexibility index (Phi) is 5.81. The highest BCUT2D eigenvalue weighted by molar-refractivity contribution is 5.73. The maximum atomic E-state index is 11.9. The van der Waals surface area contributed by atoms with Crippen LogP contribution in [0.3, 0.4) is 0 Å². The van der Waals surface area contributed by atoms with Crippen molar-refractivity contribution in [3.05, 3.63) is 0 Å². The molecule has 0 saturated heterocycles. The molecular formula is C13H24O3. The second-order valence-electron chi connectivity index (χ2n) is 4.65. The average Bonchev–Trinajstić information content (AvgIpc) is 2.31. The van der Waals surface area contributed by atoms with Gasteiger partial charge in [-0.05, 0) is 32.1 Å². The van der Waals surface area contributed by atoms with Gasteiger partial charge in [0.15, 0.2) is 0 Å². The second kappa shape index (κ2) is 6.89. The smallest absolute Gasteiger partial charge is 0.311 e. The van der Waals surface area contributed by atoms with Gasteiger partial charge in [0.2, 0.25) is 0 Å². The summed E-state index contributed by atoms with van der Waals surface area (Å²) in [6, 6.07) is 0. The molecular weight excluding hydrogens is 204 g/mol. The standard InChI is InChI=1S/C13H24O3/c1-3-11(14)12(13(15)16-4-2)10-8-6-5-7-9-10/h10-12,14H,3-9H2,1-2H3/t11-,12?/m0/s1. The zero-order valence-corrected chi connectivity index (χ0v) is 10.4. The minimum absolute atomic E-state index is 0.205. The van der Waals surface area contributed by atoms with Gasteiger partial charge in [0.25, 0.3) is 0 Å². The molecule has 0 aromatic heterocycles. The Morgan fingerprint density at radius 3 is 2.44 bits per heavy atom. The van der Waals surface area contributed by atoms with Crippen molar-refractivity contribution in [1.82, 2.24) is 0 Å². The fourth-order valence-corrected chi connectivity index (χ4v) is 2.65. The van der Waals surface area contributed by atoms with E-state index in [9.17, 15) is 9.90 Å². The third-order valence-electron chi connectivity index (χ3n) is 3.55. The molecule has 3 heteroatoms. The molecule has 2 atom stereocenters. The molecule has 94 valence electrons. The molecule has 1 fully saturated rings. The van der Waals surface area contributed by atoms with E-state index in [0.29, 0.717) is 18.9 Å². The summed E-state index contributed by atoms with van der Waals surface area (Å²) in [5.74, 6) is -0.184. The van der Waals surface area contributed by atoms with Crippen LogP contribution < -0.4 is 0 Å². The topological polar surface area (TPSA) is 46.5 Å². The van der Waals surface area contributed by atoms with Gasteiger partial charge in [0.05, 0.1) is 18.6 Å². The Bertz CT molecular complexity index is 209. The van der Waals surface area contributed by atoms with Gasteiger partial charge in [-0.2, -0.15) is 0 Å². The zero-order chi connectivity index (χ0) is 12.0. The van der Waals surface area contributed by atoms with Crippen molar-refractivity contribution in [2.24, 2.45) is 11.8 Å². The molecule has 0 bridgehead atoms. The van der Waals surface area contributed by atoms with Crippen molar-refractivity contribution < 1.29 is 14.6 Å². The number of hydrogen-bond donors (Lipinski definition) is 1. The summed E-state index contributed by atoms with van der Waals surface area (Å²) in [4.78, 5) is 11.9. The van der Waals surface area contributed by atoms with Crippen LogP contribution in [0.5, 0.6) is 0 Å². The summed E-state index contributed by atoms with van der Waals surface area (Å²) < 4.78 is 5.08. The molecule has 16 heavy (non-hydrogen) atoms. The lowest BCUT2D eigenvalue weighted by Gasteiger charge is -2.31. The van der Waals surface area contributed by atoms with E-state index < -0.39 is 6.10 Å². The van der Waals surface area contributed by atoms with Crippen molar-refractivity contribution in [2.45, 2.75) is 58.5 Å². The van der Waals surface area contributed by atoms with Gasteiger partial charge in [-0.1, -0.05) is 26.2 Å². The lowest BCUT2D eigenvalue weighted by atomic mass is 9.77. The van der Waals surface area contributed by atoms with Crippen molar-refractivity contribution in [3.63, 3.8) is 0 Å². The first-order chi connectivity index (χ1) is 7.70. The number of aliphatic hydroxyl groups is 1. The molecule has 3 nitrogen and oxygen atoms in total. The van der Waals surface area contributed by atoms with Crippen LogP contribution in [0.15, 0.2) is 0 Å². The van der Waals surface area contributed by atoms with Crippen LogP contribution in [0, 0.1) is 11.8 Å². The average molecular weight is 228 g/mol. The molecule has 0 spiro atoms. The Hall–Kier alpha value is -0.570. The maximum Gasteiger partial charge on any atom is 0.311 e. The zero-order valence-electron chi connectivity index (χ0n) is 10.4. The van der Waals surface area contributed by atoms with E-state index in [1.807, 2.05) is 13.8 Å². The van der Waals surface area contributed by atoms with Gasteiger partial charge in [-0.3, -0.25) is 4.79 Å². The van der Waals surface area contributed by atoms with Gasteiger partial charge in [-0.25, -0.2) is 0 Å². The lowest BCUT2D eigenvalue weighted by Crippen LogP contribution is -2.36. The molecule has 0 aromatic rings. The number of esters is 1. The second-order valence-corrected chi connectivity index (χ2v) is 4.65. The number of aliphatic hydroxyl groups excluding tert-OH is 1. The van der Waals surface area contributed by atoms with E-state index >= 15 is 0 Å². The monoisotopic (exact) mass is 228 g/mol. The van der Waals surface area contributed by atoms with Gasteiger partial charge >= 0.3 is 5.97 Å². The summed E-state index contributed by atoms with van der Waals surface area (Å²) in [5.41, 5.74) is 0. The van der Waals surface area contributed by atoms with Crippen molar-refractivity contribution in [1.29, 1.82) is 0 Å². The first-order valence-electron chi connectivity index (χ1n) is 6.55. The van der Waals surface area contributed by atoms with Crippen LogP contribution in [-0.2, 0) is 9.53 Å². The Morgan fingerprint density at radius 2 is 1.94 bits per heavy atom. The van der Waals surface area contributed by atoms with Gasteiger partial charge in [0.1, 0.15) is 0 Å². The first kappa shape index (κ1) is 13.5. The van der Waals surface area contributed by atoms with Gasteiger partial charge in [-0.15, -0.1) is 0 Å². The molecule has 1 unspecified atom stereocenters. The molecule has 0 amide bonds. The van der Waals surface area contributed by atoms with Crippen LogP contribution >= 0.6 is 0 Å². The van der Waals surface area contributed by atoms with E-state index in [0.717, 1.165) is 12.8 Å². The summed E-state index contributed by atoms with van der Waals surface area (Å²) in [7, 11) is 0. The SMILES string of the molecule is CCOC(=O)C(C1CCCCC1)[C@@H](O)CC. The highest BCUT2D eigenvalue weighted by Gasteiger charge is 2.35. The number of hydrogen-bond acceptors (Lipinski definition) is 3. The molecule has 1 aliphatic carbocycles. The van der Waals surface area contributed by atoms with Crippen LogP contribution in [0.25, 0.3) is 0 Å². The fraction of sp³-hybridized carbons (Fsp3) is 0.923. The predicted molar refractivity (Wildman–Crippen MR) is 63.0 cm³/mol. The molecule has 1 saturated carbocycles. The quantitative estimate of drug-likeness (QED) is 0.735. The van der Waals surface area contributed by atoms with E-state index in [-0.39, 0.29) is 11.9 Å². The van der Waals surface area contributed by atoms with Crippen LogP contribution in [0.2, 0.25) is 0 Å². The molecule has 0 aromatic carbocycles. The molecule has 1 N–H and O–H groups in total. The van der Waals surface area contributed by atoms with Crippen LogP contribution in [-0.4, -0.2) is 23.8 Å². The van der Waals surface area contributed by atoms with Crippen molar-refractivity contribution >= 4 is 5.97 Å². The normalized spacial score (nSPS) is 21.4. The number of ether oxygens (including phenoxy) is 1. The third-order valence-corrected chi connectivity index (χ3v) is 3.55. The van der Waals surface area contributed by atoms with Gasteiger partial charge in [0, 0.05) is 0 Å². The Balaban J connectivity index is 2.64. The fourth-order valence-electron chi connectivity index (χ4n) is 2.65. The number of carbonyl (C=O) groups excluding carboxylic acids is 1.